The molecule has 3 rings (SSSR count). The summed E-state index contributed by atoms with van der Waals surface area (Å²) in [6.07, 6.45) is 5.72. The minimum absolute atomic E-state index is 0.0723. The Morgan fingerprint density at radius 2 is 1.92 bits per heavy atom. The van der Waals surface area contributed by atoms with Crippen LogP contribution in [0.3, 0.4) is 0 Å². The number of hydrogen-bond acceptors (Lipinski definition) is 5. The molecule has 1 heterocycles. The molecule has 1 aliphatic carbocycles. The maximum Gasteiger partial charge on any atom is 0.223 e. The summed E-state index contributed by atoms with van der Waals surface area (Å²) in [6.45, 7) is 6.00. The van der Waals surface area contributed by atoms with Crippen LogP contribution in [-0.4, -0.2) is 27.1 Å². The van der Waals surface area contributed by atoms with Crippen molar-refractivity contribution in [3.05, 3.63) is 60.1 Å². The Kier molecular flexibility index (Phi) is 4.81. The predicted molar refractivity (Wildman–Crippen MR) is 98.0 cm³/mol. The summed E-state index contributed by atoms with van der Waals surface area (Å²) in [5.74, 6) is 2.21. The summed E-state index contributed by atoms with van der Waals surface area (Å²) in [4.78, 5) is 12.2. The maximum atomic E-state index is 12.2. The minimum atomic E-state index is -0.446. The van der Waals surface area contributed by atoms with Crippen LogP contribution in [0.25, 0.3) is 0 Å². The molecule has 3 atom stereocenters. The molecule has 138 valence electrons. The van der Waals surface area contributed by atoms with Crippen molar-refractivity contribution in [3.63, 3.8) is 0 Å². The van der Waals surface area contributed by atoms with Gasteiger partial charge in [0.25, 0.3) is 0 Å². The van der Waals surface area contributed by atoms with Gasteiger partial charge in [0.2, 0.25) is 5.78 Å². The second-order valence-electron chi connectivity index (χ2n) is 6.56. The van der Waals surface area contributed by atoms with Gasteiger partial charge in [-0.25, -0.2) is 0 Å². The molecular weight excluding hydrogens is 332 g/mol. The van der Waals surface area contributed by atoms with E-state index in [1.54, 1.807) is 20.3 Å². The molecule has 26 heavy (non-hydrogen) atoms. The van der Waals surface area contributed by atoms with E-state index >= 15 is 0 Å². The summed E-state index contributed by atoms with van der Waals surface area (Å²) in [5, 5.41) is 0. The number of ketones is 1. The van der Waals surface area contributed by atoms with Crippen LogP contribution in [0.2, 0.25) is 0 Å². The molecule has 1 aliphatic heterocycles. The molecule has 0 saturated carbocycles. The zero-order valence-corrected chi connectivity index (χ0v) is 15.6. The number of carbonyl (C=O) groups excluding carboxylic acids is 1. The number of fused-ring (bicyclic) bond motifs is 1. The Morgan fingerprint density at radius 3 is 2.54 bits per heavy atom. The lowest BCUT2D eigenvalue weighted by Crippen LogP contribution is -2.29. The predicted octanol–water partition coefficient (Wildman–Crippen LogP) is 3.97. The molecule has 1 unspecified atom stereocenters. The van der Waals surface area contributed by atoms with Crippen molar-refractivity contribution in [1.82, 2.24) is 0 Å². The highest BCUT2D eigenvalue weighted by molar-refractivity contribution is 6.04. The highest BCUT2D eigenvalue weighted by Gasteiger charge is 2.52. The van der Waals surface area contributed by atoms with Crippen LogP contribution in [-0.2, 0) is 14.3 Å². The molecule has 5 nitrogen and oxygen atoms in total. The first kappa shape index (κ1) is 18.1. The Hall–Kier alpha value is -2.69. The summed E-state index contributed by atoms with van der Waals surface area (Å²) in [6, 6.07) is 5.75. The van der Waals surface area contributed by atoms with Gasteiger partial charge in [0.15, 0.2) is 17.3 Å². The first-order valence-corrected chi connectivity index (χ1v) is 8.53. The van der Waals surface area contributed by atoms with E-state index in [4.69, 9.17) is 18.9 Å². The van der Waals surface area contributed by atoms with Crippen molar-refractivity contribution in [2.45, 2.75) is 19.4 Å². The van der Waals surface area contributed by atoms with Crippen molar-refractivity contribution in [2.24, 2.45) is 11.3 Å². The van der Waals surface area contributed by atoms with Crippen LogP contribution in [0.1, 0.15) is 25.0 Å². The number of benzene rings is 1. The molecule has 0 radical (unpaired) electrons. The third-order valence-corrected chi connectivity index (χ3v) is 5.31. The van der Waals surface area contributed by atoms with Crippen molar-refractivity contribution in [2.75, 3.05) is 21.3 Å². The van der Waals surface area contributed by atoms with E-state index in [1.807, 2.05) is 30.4 Å². The van der Waals surface area contributed by atoms with E-state index in [0.717, 1.165) is 5.56 Å². The largest absolute Gasteiger partial charge is 0.493 e. The average Bonchev–Trinajstić information content (AvgIpc) is 2.93. The summed E-state index contributed by atoms with van der Waals surface area (Å²) >= 11 is 0. The van der Waals surface area contributed by atoms with Crippen LogP contribution in [0.5, 0.6) is 11.5 Å². The van der Waals surface area contributed by atoms with Gasteiger partial charge in [-0.15, -0.1) is 6.58 Å². The van der Waals surface area contributed by atoms with E-state index in [-0.39, 0.29) is 17.8 Å². The number of hydrogen-bond donors (Lipinski definition) is 0. The van der Waals surface area contributed by atoms with Gasteiger partial charge in [-0.1, -0.05) is 19.1 Å². The maximum absolute atomic E-state index is 12.2. The molecule has 0 aromatic heterocycles. The molecule has 0 spiro atoms. The molecule has 1 saturated heterocycles. The normalized spacial score (nSPS) is 27.0. The van der Waals surface area contributed by atoms with Crippen molar-refractivity contribution >= 4 is 5.78 Å². The van der Waals surface area contributed by atoms with Gasteiger partial charge in [-0.3, -0.25) is 4.79 Å². The Balaban J connectivity index is 2.05. The highest BCUT2D eigenvalue weighted by atomic mass is 16.5. The molecular formula is C21H24O5. The summed E-state index contributed by atoms with van der Waals surface area (Å²) < 4.78 is 22.3. The molecule has 1 fully saturated rings. The fourth-order valence-electron chi connectivity index (χ4n) is 3.84. The third-order valence-electron chi connectivity index (χ3n) is 5.31. The van der Waals surface area contributed by atoms with E-state index < -0.39 is 5.41 Å². The number of allylic oxidation sites excluding steroid dienone is 3. The second kappa shape index (κ2) is 6.90. The van der Waals surface area contributed by atoms with Gasteiger partial charge in [0.05, 0.1) is 26.7 Å². The van der Waals surface area contributed by atoms with Gasteiger partial charge in [-0.2, -0.15) is 0 Å². The molecule has 0 amide bonds. The van der Waals surface area contributed by atoms with Gasteiger partial charge in [0, 0.05) is 12.0 Å². The lowest BCUT2D eigenvalue weighted by Gasteiger charge is -2.31. The van der Waals surface area contributed by atoms with Crippen LogP contribution < -0.4 is 9.47 Å². The van der Waals surface area contributed by atoms with Gasteiger partial charge < -0.3 is 18.9 Å². The molecule has 1 aromatic carbocycles. The highest BCUT2D eigenvalue weighted by Crippen LogP contribution is 2.57. The molecule has 2 aliphatic rings. The lowest BCUT2D eigenvalue weighted by atomic mass is 9.69. The number of ether oxygens (including phenoxy) is 4. The molecule has 0 N–H and O–H groups in total. The molecule has 0 bridgehead atoms. The van der Waals surface area contributed by atoms with E-state index in [0.29, 0.717) is 29.4 Å². The summed E-state index contributed by atoms with van der Waals surface area (Å²) in [7, 11) is 4.72. The van der Waals surface area contributed by atoms with E-state index in [1.165, 1.54) is 7.11 Å². The monoisotopic (exact) mass is 356 g/mol. The number of rotatable bonds is 6. The average molecular weight is 356 g/mol. The zero-order valence-electron chi connectivity index (χ0n) is 15.6. The Labute approximate surface area is 153 Å². The van der Waals surface area contributed by atoms with Gasteiger partial charge >= 0.3 is 0 Å². The quantitative estimate of drug-likeness (QED) is 0.722. The van der Waals surface area contributed by atoms with E-state index in [2.05, 4.69) is 13.5 Å². The third kappa shape index (κ3) is 2.68. The number of carbonyl (C=O) groups is 1. The van der Waals surface area contributed by atoms with Gasteiger partial charge in [0.1, 0.15) is 11.9 Å². The molecule has 1 aromatic rings. The van der Waals surface area contributed by atoms with Crippen molar-refractivity contribution in [3.8, 4) is 11.5 Å². The Morgan fingerprint density at radius 1 is 1.19 bits per heavy atom. The SMILES string of the molecule is C=CC[C@@]12C=C(OC)C(=O)C=C1OC(c1ccc(OC)c(OC)c1)[C@H]2C. The zero-order chi connectivity index (χ0) is 18.9. The first-order chi connectivity index (χ1) is 12.5. The van der Waals surface area contributed by atoms with Crippen LogP contribution in [0.15, 0.2) is 54.5 Å². The van der Waals surface area contributed by atoms with Crippen molar-refractivity contribution in [1.29, 1.82) is 0 Å². The van der Waals surface area contributed by atoms with E-state index in [9.17, 15) is 4.79 Å². The van der Waals surface area contributed by atoms with Crippen molar-refractivity contribution < 1.29 is 23.7 Å². The number of methoxy groups -OCH3 is 3. The fraction of sp³-hybridized carbons (Fsp3) is 0.381. The lowest BCUT2D eigenvalue weighted by molar-refractivity contribution is -0.114. The minimum Gasteiger partial charge on any atom is -0.493 e. The second-order valence-corrected chi connectivity index (χ2v) is 6.56. The Bertz CT molecular complexity index is 792. The van der Waals surface area contributed by atoms with Crippen LogP contribution >= 0.6 is 0 Å². The summed E-state index contributed by atoms with van der Waals surface area (Å²) in [5.41, 5.74) is 0.521. The molecule has 5 heteroatoms. The fourth-order valence-corrected chi connectivity index (χ4v) is 3.84. The smallest absolute Gasteiger partial charge is 0.223 e. The van der Waals surface area contributed by atoms with Gasteiger partial charge in [-0.05, 0) is 30.2 Å². The standard InChI is InChI=1S/C21H24O5/c1-6-9-21-12-18(25-5)15(22)11-19(21)26-20(13(21)2)14-7-8-16(23-3)17(10-14)24-4/h6-8,10-13,20H,1,9H2,2-5H3/t13-,20?,21+/m1/s1. The topological polar surface area (TPSA) is 54.0 Å². The van der Waals surface area contributed by atoms with Crippen LogP contribution in [0, 0.1) is 11.3 Å². The van der Waals surface area contributed by atoms with Crippen LogP contribution in [0.4, 0.5) is 0 Å². The first-order valence-electron chi connectivity index (χ1n) is 8.53.